The molecule has 0 fully saturated rings. The van der Waals surface area contributed by atoms with E-state index >= 15 is 0 Å². The van der Waals surface area contributed by atoms with Gasteiger partial charge in [0, 0.05) is 6.42 Å². The summed E-state index contributed by atoms with van der Waals surface area (Å²) in [5.74, 6) is -0.361. The number of hydrazone groups is 1. The molecular formula is C19H20N2O2. The molecule has 3 rings (SSSR count). The van der Waals surface area contributed by atoms with Gasteiger partial charge in [-0.05, 0) is 24.6 Å². The lowest BCUT2D eigenvalue weighted by molar-refractivity contribution is -0.147. The summed E-state index contributed by atoms with van der Waals surface area (Å²) in [5, 5.41) is 6.65. The minimum Gasteiger partial charge on any atom is -0.466 e. The highest BCUT2D eigenvalue weighted by Gasteiger charge is 2.29. The van der Waals surface area contributed by atoms with Crippen LogP contribution in [-0.4, -0.2) is 24.8 Å². The largest absolute Gasteiger partial charge is 0.466 e. The first-order valence-electron chi connectivity index (χ1n) is 7.90. The van der Waals surface area contributed by atoms with E-state index in [-0.39, 0.29) is 11.9 Å². The highest BCUT2D eigenvalue weighted by Crippen LogP contribution is 2.25. The number of carbonyl (C=O) groups excluding carboxylic acids is 1. The zero-order valence-corrected chi connectivity index (χ0v) is 13.2. The van der Waals surface area contributed by atoms with E-state index < -0.39 is 0 Å². The molecule has 0 saturated heterocycles. The molecule has 4 nitrogen and oxygen atoms in total. The average Bonchev–Trinajstić information content (AvgIpc) is 2.63. The summed E-state index contributed by atoms with van der Waals surface area (Å²) >= 11 is 0. The van der Waals surface area contributed by atoms with Crippen LogP contribution in [0.5, 0.6) is 0 Å². The van der Waals surface area contributed by atoms with Gasteiger partial charge < -0.3 is 4.74 Å². The maximum absolute atomic E-state index is 12.2. The van der Waals surface area contributed by atoms with E-state index in [9.17, 15) is 4.79 Å². The van der Waals surface area contributed by atoms with Crippen LogP contribution in [0.3, 0.4) is 0 Å². The maximum atomic E-state index is 12.2. The Balaban J connectivity index is 1.93. The predicted molar refractivity (Wildman–Crippen MR) is 91.5 cm³/mol. The van der Waals surface area contributed by atoms with E-state index in [0.717, 1.165) is 17.0 Å². The average molecular weight is 308 g/mol. The number of hydrogen-bond donors (Lipinski definition) is 0. The number of para-hydroxylation sites is 1. The molecule has 0 radical (unpaired) electrons. The Bertz CT molecular complexity index is 683. The number of esters is 1. The van der Waals surface area contributed by atoms with Gasteiger partial charge in [0.1, 0.15) is 0 Å². The van der Waals surface area contributed by atoms with E-state index in [4.69, 9.17) is 9.84 Å². The number of anilines is 1. The minimum absolute atomic E-state index is 0.156. The molecule has 0 saturated carbocycles. The first-order valence-corrected chi connectivity index (χ1v) is 7.90. The molecule has 1 unspecified atom stereocenters. The van der Waals surface area contributed by atoms with Crippen LogP contribution in [0.2, 0.25) is 0 Å². The van der Waals surface area contributed by atoms with Gasteiger partial charge in [-0.15, -0.1) is 0 Å². The Kier molecular flexibility index (Phi) is 4.71. The summed E-state index contributed by atoms with van der Waals surface area (Å²) in [4.78, 5) is 12.2. The van der Waals surface area contributed by atoms with Crippen molar-refractivity contribution >= 4 is 17.4 Å². The molecule has 118 valence electrons. The molecule has 0 aliphatic carbocycles. The second-order valence-corrected chi connectivity index (χ2v) is 5.48. The number of ether oxygens (including phenoxy) is 1. The third kappa shape index (κ3) is 3.59. The molecule has 1 heterocycles. The molecular weight excluding hydrogens is 288 g/mol. The first kappa shape index (κ1) is 15.3. The fourth-order valence-corrected chi connectivity index (χ4v) is 2.72. The van der Waals surface area contributed by atoms with Crippen molar-refractivity contribution < 1.29 is 9.53 Å². The van der Waals surface area contributed by atoms with Gasteiger partial charge in [-0.25, -0.2) is 0 Å². The van der Waals surface area contributed by atoms with Crippen LogP contribution in [0.1, 0.15) is 18.9 Å². The highest BCUT2D eigenvalue weighted by atomic mass is 16.5. The SMILES string of the molecule is CCOC(=O)C1CC(c2ccccc2)=NN(c2ccccc2)C1. The number of carbonyl (C=O) groups is 1. The van der Waals surface area contributed by atoms with Gasteiger partial charge in [0.2, 0.25) is 0 Å². The first-order chi connectivity index (χ1) is 11.3. The van der Waals surface area contributed by atoms with Gasteiger partial charge >= 0.3 is 5.97 Å². The molecule has 0 amide bonds. The maximum Gasteiger partial charge on any atom is 0.311 e. The van der Waals surface area contributed by atoms with Gasteiger partial charge in [-0.1, -0.05) is 48.5 Å². The summed E-state index contributed by atoms with van der Waals surface area (Å²) in [6, 6.07) is 19.9. The van der Waals surface area contributed by atoms with Crippen LogP contribution in [0.25, 0.3) is 0 Å². The minimum atomic E-state index is -0.206. The van der Waals surface area contributed by atoms with Crippen molar-refractivity contribution in [2.75, 3.05) is 18.2 Å². The van der Waals surface area contributed by atoms with Crippen LogP contribution in [0, 0.1) is 5.92 Å². The Morgan fingerprint density at radius 1 is 1.13 bits per heavy atom. The molecule has 23 heavy (non-hydrogen) atoms. The zero-order valence-electron chi connectivity index (χ0n) is 13.2. The smallest absolute Gasteiger partial charge is 0.311 e. The van der Waals surface area contributed by atoms with Gasteiger partial charge in [0.05, 0.1) is 30.5 Å². The van der Waals surface area contributed by atoms with Gasteiger partial charge in [0.25, 0.3) is 0 Å². The molecule has 1 aliphatic rings. The number of rotatable bonds is 4. The summed E-state index contributed by atoms with van der Waals surface area (Å²) in [5.41, 5.74) is 2.94. The summed E-state index contributed by atoms with van der Waals surface area (Å²) in [6.45, 7) is 2.78. The molecule has 0 bridgehead atoms. The number of hydrogen-bond acceptors (Lipinski definition) is 4. The highest BCUT2D eigenvalue weighted by molar-refractivity contribution is 6.03. The Morgan fingerprint density at radius 3 is 2.43 bits per heavy atom. The lowest BCUT2D eigenvalue weighted by Gasteiger charge is -2.30. The van der Waals surface area contributed by atoms with E-state index in [2.05, 4.69) is 0 Å². The second kappa shape index (κ2) is 7.09. The summed E-state index contributed by atoms with van der Waals surface area (Å²) < 4.78 is 5.23. The Labute approximate surface area is 136 Å². The zero-order chi connectivity index (χ0) is 16.1. The summed E-state index contributed by atoms with van der Waals surface area (Å²) in [7, 11) is 0. The van der Waals surface area contributed by atoms with Crippen LogP contribution < -0.4 is 5.01 Å². The molecule has 4 heteroatoms. The fraction of sp³-hybridized carbons (Fsp3) is 0.263. The molecule has 0 N–H and O–H groups in total. The fourth-order valence-electron chi connectivity index (χ4n) is 2.72. The van der Waals surface area contributed by atoms with E-state index in [1.54, 1.807) is 0 Å². The molecule has 1 atom stereocenters. The third-order valence-electron chi connectivity index (χ3n) is 3.86. The van der Waals surface area contributed by atoms with Crippen LogP contribution in [0.4, 0.5) is 5.69 Å². The van der Waals surface area contributed by atoms with Crippen molar-refractivity contribution in [1.29, 1.82) is 0 Å². The van der Waals surface area contributed by atoms with Gasteiger partial charge in [-0.3, -0.25) is 9.80 Å². The topological polar surface area (TPSA) is 41.9 Å². The van der Waals surface area contributed by atoms with Crippen molar-refractivity contribution in [1.82, 2.24) is 0 Å². The number of benzene rings is 2. The monoisotopic (exact) mass is 308 g/mol. The normalized spacial score (nSPS) is 17.5. The van der Waals surface area contributed by atoms with Gasteiger partial charge in [-0.2, -0.15) is 5.10 Å². The van der Waals surface area contributed by atoms with Gasteiger partial charge in [0.15, 0.2) is 0 Å². The predicted octanol–water partition coefficient (Wildman–Crippen LogP) is 3.48. The lowest BCUT2D eigenvalue weighted by atomic mass is 9.95. The molecule has 0 aromatic heterocycles. The lowest BCUT2D eigenvalue weighted by Crippen LogP contribution is -2.38. The van der Waals surface area contributed by atoms with Crippen molar-refractivity contribution in [3.8, 4) is 0 Å². The Hall–Kier alpha value is -2.62. The van der Waals surface area contributed by atoms with Crippen molar-refractivity contribution in [3.63, 3.8) is 0 Å². The van der Waals surface area contributed by atoms with Crippen molar-refractivity contribution in [2.45, 2.75) is 13.3 Å². The summed E-state index contributed by atoms with van der Waals surface area (Å²) in [6.07, 6.45) is 0.603. The Morgan fingerprint density at radius 2 is 1.78 bits per heavy atom. The van der Waals surface area contributed by atoms with Crippen molar-refractivity contribution in [3.05, 3.63) is 66.2 Å². The van der Waals surface area contributed by atoms with Crippen LogP contribution >= 0.6 is 0 Å². The quantitative estimate of drug-likeness (QED) is 0.812. The van der Waals surface area contributed by atoms with Crippen molar-refractivity contribution in [2.24, 2.45) is 11.0 Å². The molecule has 0 spiro atoms. The second-order valence-electron chi connectivity index (χ2n) is 5.48. The van der Waals surface area contributed by atoms with E-state index in [1.165, 1.54) is 0 Å². The third-order valence-corrected chi connectivity index (χ3v) is 3.86. The number of nitrogens with zero attached hydrogens (tertiary/aromatic N) is 2. The van der Waals surface area contributed by atoms with Crippen LogP contribution in [-0.2, 0) is 9.53 Å². The standard InChI is InChI=1S/C19H20N2O2/c1-2-23-19(22)16-13-18(15-9-5-3-6-10-15)20-21(14-16)17-11-7-4-8-12-17/h3-12,16H,2,13-14H2,1H3. The van der Waals surface area contributed by atoms with Crippen LogP contribution in [0.15, 0.2) is 65.8 Å². The molecule has 1 aliphatic heterocycles. The van der Waals surface area contributed by atoms with E-state index in [0.29, 0.717) is 19.6 Å². The molecule has 2 aromatic carbocycles. The van der Waals surface area contributed by atoms with E-state index in [1.807, 2.05) is 72.6 Å². The molecule has 2 aromatic rings.